The zero-order valence-corrected chi connectivity index (χ0v) is 37.3. The van der Waals surface area contributed by atoms with Gasteiger partial charge >= 0.3 is 47.8 Å². The van der Waals surface area contributed by atoms with E-state index in [0.717, 1.165) is 55.4 Å². The van der Waals surface area contributed by atoms with Gasteiger partial charge in [-0.1, -0.05) is 34.8 Å². The van der Waals surface area contributed by atoms with Crippen LogP contribution in [0.25, 0.3) is 0 Å². The number of carbonyl (C=O) groups is 8. The van der Waals surface area contributed by atoms with Crippen molar-refractivity contribution < 1.29 is 105 Å². The Morgan fingerprint density at radius 2 is 0.758 bits per heavy atom. The summed E-state index contributed by atoms with van der Waals surface area (Å²) in [5.41, 5.74) is 0. The van der Waals surface area contributed by atoms with E-state index < -0.39 is 156 Å². The molecular weight excluding hydrogens is 905 g/mol. The van der Waals surface area contributed by atoms with Gasteiger partial charge in [-0.25, -0.2) is 0 Å². The number of rotatable bonds is 14. The standard InChI is InChI=1S/C36H48Cl3NO22/c1-12-23(52-15(4)42)26(55-18(7)45)29(58-21(10)48)32(50-12)60-30-27(56-19(8)46)24(53-16(5)43)13(2)51-33(30)61-31-28(57-20(9)47)25(54-17(6)44)22(11-49-14(3)41)59-34(31)62-35(40)36(37,38)39/h12-13,22-34,40H,11H2,1-10H3/t12-,13-,22+,23-,24-,25-,26+,27+,28-,29+,30+,31+,32-,33-,34+/m0/s1. The molecule has 0 aromatic heterocycles. The summed E-state index contributed by atoms with van der Waals surface area (Å²) in [6.07, 6.45) is -25.1. The van der Waals surface area contributed by atoms with Crippen molar-refractivity contribution in [2.24, 2.45) is 0 Å². The molecule has 0 saturated carbocycles. The van der Waals surface area contributed by atoms with Crippen molar-refractivity contribution in [1.82, 2.24) is 0 Å². The first kappa shape index (κ1) is 52.2. The number of esters is 8. The molecule has 0 aliphatic carbocycles. The maximum Gasteiger partial charge on any atom is 0.303 e. The Hall–Kier alpha value is -4.10. The van der Waals surface area contributed by atoms with Crippen LogP contribution in [-0.4, -0.2) is 156 Å². The molecule has 23 nitrogen and oxygen atoms in total. The van der Waals surface area contributed by atoms with Gasteiger partial charge in [-0.15, -0.1) is 0 Å². The van der Waals surface area contributed by atoms with Gasteiger partial charge in [0.25, 0.3) is 3.79 Å². The van der Waals surface area contributed by atoms with Crippen LogP contribution in [0.4, 0.5) is 0 Å². The van der Waals surface area contributed by atoms with E-state index in [2.05, 4.69) is 0 Å². The first-order chi connectivity index (χ1) is 28.7. The number of alkyl halides is 3. The molecule has 62 heavy (non-hydrogen) atoms. The minimum atomic E-state index is -2.55. The van der Waals surface area contributed by atoms with Crippen molar-refractivity contribution in [2.45, 2.75) is 165 Å². The minimum Gasteiger partial charge on any atom is -0.463 e. The fourth-order valence-corrected chi connectivity index (χ4v) is 6.72. The second-order valence-electron chi connectivity index (χ2n) is 13.9. The molecule has 0 bridgehead atoms. The highest BCUT2D eigenvalue weighted by Gasteiger charge is 2.59. The monoisotopic (exact) mass is 951 g/mol. The third kappa shape index (κ3) is 14.7. The van der Waals surface area contributed by atoms with Gasteiger partial charge in [-0.3, -0.25) is 43.8 Å². The van der Waals surface area contributed by atoms with Gasteiger partial charge in [-0.2, -0.15) is 0 Å². The first-order valence-corrected chi connectivity index (χ1v) is 19.8. The molecule has 3 fully saturated rings. The summed E-state index contributed by atoms with van der Waals surface area (Å²) in [4.78, 5) is 99.3. The molecule has 3 heterocycles. The van der Waals surface area contributed by atoms with Gasteiger partial charge < -0.3 is 66.3 Å². The van der Waals surface area contributed by atoms with Crippen LogP contribution in [0.1, 0.15) is 69.2 Å². The molecular formula is C36H48Cl3NO22. The zero-order valence-electron chi connectivity index (χ0n) is 35.0. The highest BCUT2D eigenvalue weighted by atomic mass is 35.6. The summed E-state index contributed by atoms with van der Waals surface area (Å²) in [5, 5.41) is 8.34. The van der Waals surface area contributed by atoms with Gasteiger partial charge in [0.2, 0.25) is 12.2 Å². The van der Waals surface area contributed by atoms with E-state index in [4.69, 9.17) is 107 Å². The third-order valence-electron chi connectivity index (χ3n) is 8.68. The molecule has 0 unspecified atom stereocenters. The van der Waals surface area contributed by atoms with Crippen LogP contribution in [0, 0.1) is 5.41 Å². The van der Waals surface area contributed by atoms with Gasteiger partial charge in [-0.05, 0) is 13.8 Å². The van der Waals surface area contributed by atoms with Gasteiger partial charge in [0.1, 0.15) is 12.7 Å². The number of halogens is 3. The summed E-state index contributed by atoms with van der Waals surface area (Å²) in [5.74, 6) is -8.38. The molecule has 0 spiro atoms. The minimum absolute atomic E-state index is 0.660. The Morgan fingerprint density at radius 1 is 0.435 bits per heavy atom. The van der Waals surface area contributed by atoms with Crippen molar-refractivity contribution in [1.29, 1.82) is 5.41 Å². The van der Waals surface area contributed by atoms with Crippen molar-refractivity contribution in [2.75, 3.05) is 6.61 Å². The number of nitrogens with one attached hydrogen (secondary N) is 1. The normalized spacial score (nSPS) is 33.3. The van der Waals surface area contributed by atoms with Crippen molar-refractivity contribution in [3.8, 4) is 0 Å². The Balaban J connectivity index is 2.31. The van der Waals surface area contributed by atoms with Gasteiger partial charge in [0.05, 0.1) is 12.2 Å². The number of carbonyl (C=O) groups excluding carboxylic acids is 8. The second kappa shape index (κ2) is 22.5. The lowest BCUT2D eigenvalue weighted by Gasteiger charge is -2.50. The molecule has 0 aromatic carbocycles. The fourth-order valence-electron chi connectivity index (χ4n) is 6.59. The van der Waals surface area contributed by atoms with Gasteiger partial charge in [0.15, 0.2) is 67.5 Å². The first-order valence-electron chi connectivity index (χ1n) is 18.6. The van der Waals surface area contributed by atoms with Crippen LogP contribution in [0.15, 0.2) is 0 Å². The van der Waals surface area contributed by atoms with Crippen molar-refractivity contribution >= 4 is 88.5 Å². The van der Waals surface area contributed by atoms with E-state index in [-0.39, 0.29) is 0 Å². The number of hydrogen-bond acceptors (Lipinski definition) is 23. The topological polar surface area (TPSA) is 290 Å². The lowest BCUT2D eigenvalue weighted by atomic mass is 9.95. The summed E-state index contributed by atoms with van der Waals surface area (Å²) in [6, 6.07) is 0. The SMILES string of the molecule is CC(=O)OC[C@H]1O[C@H](OC(=N)C(Cl)(Cl)Cl)[C@H](O[C@@H]2O[C@@H](C)[C@H](OC(C)=O)[C@@H](OC(C)=O)[C@H]2O[C@@H]2O[C@@H](C)[C@H](OC(C)=O)[C@@H](OC(C)=O)[C@H]2OC(C)=O)[C@@H](OC(C)=O)[C@H]1OC(C)=O. The smallest absolute Gasteiger partial charge is 0.303 e. The predicted octanol–water partition coefficient (Wildman–Crippen LogP) is 1.42. The van der Waals surface area contributed by atoms with Gasteiger partial charge in [0, 0.05) is 55.4 Å². The largest absolute Gasteiger partial charge is 0.463 e. The maximum atomic E-state index is 12.7. The lowest BCUT2D eigenvalue weighted by molar-refractivity contribution is -0.386. The Kier molecular flexibility index (Phi) is 19.0. The molecule has 3 saturated heterocycles. The van der Waals surface area contributed by atoms with E-state index in [1.54, 1.807) is 0 Å². The number of ether oxygens (including phenoxy) is 14. The van der Waals surface area contributed by atoms with Crippen molar-refractivity contribution in [3.63, 3.8) is 0 Å². The van der Waals surface area contributed by atoms with E-state index in [0.29, 0.717) is 0 Å². The highest BCUT2D eigenvalue weighted by molar-refractivity contribution is 6.76. The molecule has 3 aliphatic rings. The van der Waals surface area contributed by atoms with Crippen LogP contribution >= 0.6 is 34.8 Å². The summed E-state index contributed by atoms with van der Waals surface area (Å²) < 4.78 is 77.8. The average Bonchev–Trinajstić information content (AvgIpc) is 3.10. The summed E-state index contributed by atoms with van der Waals surface area (Å²) in [6.45, 7) is 10.3. The van der Waals surface area contributed by atoms with Crippen LogP contribution in [0.3, 0.4) is 0 Å². The Labute approximate surface area is 369 Å². The van der Waals surface area contributed by atoms with Crippen LogP contribution in [0.2, 0.25) is 0 Å². The Bertz CT molecular complexity index is 1690. The van der Waals surface area contributed by atoms with E-state index in [1.165, 1.54) is 13.8 Å². The average molecular weight is 953 g/mol. The Morgan fingerprint density at radius 3 is 1.15 bits per heavy atom. The summed E-state index contributed by atoms with van der Waals surface area (Å²) >= 11 is 17.8. The molecule has 3 rings (SSSR count). The molecule has 3 aliphatic heterocycles. The zero-order chi connectivity index (χ0) is 47.0. The third-order valence-corrected chi connectivity index (χ3v) is 9.20. The van der Waals surface area contributed by atoms with E-state index in [1.807, 2.05) is 0 Å². The van der Waals surface area contributed by atoms with Crippen LogP contribution < -0.4 is 0 Å². The summed E-state index contributed by atoms with van der Waals surface area (Å²) in [7, 11) is 0. The quantitative estimate of drug-likeness (QED) is 0.0847. The molecule has 350 valence electrons. The molecule has 0 amide bonds. The molecule has 0 radical (unpaired) electrons. The molecule has 26 heteroatoms. The lowest BCUT2D eigenvalue weighted by Crippen LogP contribution is -2.68. The van der Waals surface area contributed by atoms with E-state index in [9.17, 15) is 38.4 Å². The number of hydrogen-bond donors (Lipinski definition) is 1. The predicted molar refractivity (Wildman–Crippen MR) is 202 cm³/mol. The second-order valence-corrected chi connectivity index (χ2v) is 16.2. The van der Waals surface area contributed by atoms with Crippen molar-refractivity contribution in [3.05, 3.63) is 0 Å². The molecule has 15 atom stereocenters. The maximum absolute atomic E-state index is 12.7. The van der Waals surface area contributed by atoms with E-state index >= 15 is 0 Å². The van der Waals surface area contributed by atoms with Crippen LogP contribution in [0.5, 0.6) is 0 Å². The fraction of sp³-hybridized carbons (Fsp3) is 0.750. The highest BCUT2D eigenvalue weighted by Crippen LogP contribution is 2.39. The molecule has 1 N–H and O–H groups in total. The molecule has 0 aromatic rings. The van der Waals surface area contributed by atoms with Crippen LogP contribution in [-0.2, 0) is 105 Å².